The van der Waals surface area contributed by atoms with E-state index >= 15 is 0 Å². The minimum absolute atomic E-state index is 0.00148. The highest BCUT2D eigenvalue weighted by atomic mass is 16.1. The predicted octanol–water partition coefficient (Wildman–Crippen LogP) is 4.42. The number of aromatic amines is 1. The van der Waals surface area contributed by atoms with Crippen molar-refractivity contribution in [3.8, 4) is 11.3 Å². The molecule has 2 heterocycles. The first kappa shape index (κ1) is 15.4. The lowest BCUT2D eigenvalue weighted by molar-refractivity contribution is 0.0853. The molecule has 1 aromatic carbocycles. The van der Waals surface area contributed by atoms with Gasteiger partial charge in [0.05, 0.1) is 0 Å². The maximum absolute atomic E-state index is 12.9. The quantitative estimate of drug-likeness (QED) is 0.729. The fourth-order valence-corrected chi connectivity index (χ4v) is 2.52. The third-order valence-corrected chi connectivity index (χ3v) is 3.89. The van der Waals surface area contributed by atoms with Crippen molar-refractivity contribution in [1.29, 1.82) is 0 Å². The van der Waals surface area contributed by atoms with Crippen LogP contribution in [0, 0.1) is 5.41 Å². The van der Waals surface area contributed by atoms with Crippen LogP contribution in [0.4, 0.5) is 0 Å². The summed E-state index contributed by atoms with van der Waals surface area (Å²) in [5.74, 6) is -0.00148. The number of benzene rings is 1. The summed E-state index contributed by atoms with van der Waals surface area (Å²) in [5, 5.41) is 0. The van der Waals surface area contributed by atoms with Gasteiger partial charge in [-0.25, -0.2) is 9.97 Å². The number of carbonyl (C=O) groups is 1. The maximum Gasteiger partial charge on any atom is 0.188 e. The standard InChI is InChI=1S/C19H21N3O/c1-5-12-7-6-8-13(11-12)15-16(17(23)19(2,3)4)22-18-14(21-15)9-10-20-18/h6-11H,5H2,1-4H3,(H,20,22). The topological polar surface area (TPSA) is 58.6 Å². The van der Waals surface area contributed by atoms with Gasteiger partial charge in [-0.2, -0.15) is 0 Å². The molecule has 0 aliphatic rings. The molecule has 23 heavy (non-hydrogen) atoms. The van der Waals surface area contributed by atoms with E-state index < -0.39 is 5.41 Å². The molecule has 0 bridgehead atoms. The molecule has 1 N–H and O–H groups in total. The minimum atomic E-state index is -0.508. The number of aromatic nitrogens is 3. The van der Waals surface area contributed by atoms with Crippen molar-refractivity contribution in [2.45, 2.75) is 34.1 Å². The van der Waals surface area contributed by atoms with Gasteiger partial charge in [-0.05, 0) is 24.1 Å². The van der Waals surface area contributed by atoms with Crippen LogP contribution in [0.2, 0.25) is 0 Å². The molecule has 2 aromatic heterocycles. The predicted molar refractivity (Wildman–Crippen MR) is 92.5 cm³/mol. The first-order valence-corrected chi connectivity index (χ1v) is 7.89. The maximum atomic E-state index is 12.9. The zero-order valence-electron chi connectivity index (χ0n) is 14.0. The Morgan fingerprint density at radius 1 is 1.17 bits per heavy atom. The second-order valence-electron chi connectivity index (χ2n) is 6.77. The number of hydrogen-bond acceptors (Lipinski definition) is 3. The highest BCUT2D eigenvalue weighted by Crippen LogP contribution is 2.29. The summed E-state index contributed by atoms with van der Waals surface area (Å²) >= 11 is 0. The van der Waals surface area contributed by atoms with Crippen molar-refractivity contribution >= 4 is 16.9 Å². The lowest BCUT2D eigenvalue weighted by atomic mass is 9.87. The van der Waals surface area contributed by atoms with Crippen LogP contribution in [0.5, 0.6) is 0 Å². The molecule has 0 aliphatic carbocycles. The number of nitrogens with zero attached hydrogens (tertiary/aromatic N) is 2. The molecule has 0 radical (unpaired) electrons. The van der Waals surface area contributed by atoms with Gasteiger partial charge in [-0.1, -0.05) is 45.9 Å². The third kappa shape index (κ3) is 2.89. The average Bonchev–Trinajstić information content (AvgIpc) is 2.99. The van der Waals surface area contributed by atoms with Crippen LogP contribution in [-0.4, -0.2) is 20.7 Å². The molecular weight excluding hydrogens is 286 g/mol. The molecule has 0 atom stereocenters. The van der Waals surface area contributed by atoms with E-state index in [1.165, 1.54) is 5.56 Å². The number of hydrogen-bond donors (Lipinski definition) is 1. The summed E-state index contributed by atoms with van der Waals surface area (Å²) < 4.78 is 0. The van der Waals surface area contributed by atoms with Gasteiger partial charge in [0.2, 0.25) is 0 Å². The molecule has 0 spiro atoms. The van der Waals surface area contributed by atoms with E-state index in [1.807, 2.05) is 39.0 Å². The summed E-state index contributed by atoms with van der Waals surface area (Å²) in [4.78, 5) is 25.2. The lowest BCUT2D eigenvalue weighted by Gasteiger charge is -2.18. The fraction of sp³-hybridized carbons (Fsp3) is 0.316. The fourth-order valence-electron chi connectivity index (χ4n) is 2.52. The molecule has 0 saturated heterocycles. The van der Waals surface area contributed by atoms with Gasteiger partial charge in [-0.15, -0.1) is 0 Å². The molecular formula is C19H21N3O. The van der Waals surface area contributed by atoms with Crippen molar-refractivity contribution < 1.29 is 4.79 Å². The Morgan fingerprint density at radius 3 is 2.65 bits per heavy atom. The molecule has 0 unspecified atom stereocenters. The van der Waals surface area contributed by atoms with Crippen LogP contribution in [0.3, 0.4) is 0 Å². The van der Waals surface area contributed by atoms with E-state index in [0.29, 0.717) is 17.0 Å². The van der Waals surface area contributed by atoms with E-state index in [0.717, 1.165) is 17.5 Å². The van der Waals surface area contributed by atoms with Gasteiger partial charge in [-0.3, -0.25) is 4.79 Å². The number of H-pyrrole nitrogens is 1. The Morgan fingerprint density at radius 2 is 1.96 bits per heavy atom. The number of nitrogens with one attached hydrogen (secondary N) is 1. The summed E-state index contributed by atoms with van der Waals surface area (Å²) in [7, 11) is 0. The molecule has 0 amide bonds. The summed E-state index contributed by atoms with van der Waals surface area (Å²) in [6.45, 7) is 7.83. The Kier molecular flexibility index (Phi) is 3.76. The molecule has 3 rings (SSSR count). The van der Waals surface area contributed by atoms with Crippen LogP contribution >= 0.6 is 0 Å². The SMILES string of the molecule is CCc1cccc(-c2nc3cc[nH]c3nc2C(=O)C(C)(C)C)c1. The van der Waals surface area contributed by atoms with E-state index in [2.05, 4.69) is 29.0 Å². The number of rotatable bonds is 3. The van der Waals surface area contributed by atoms with Gasteiger partial charge < -0.3 is 4.98 Å². The first-order chi connectivity index (χ1) is 10.9. The molecule has 118 valence electrons. The molecule has 4 heteroatoms. The number of fused-ring (bicyclic) bond motifs is 1. The number of ketones is 1. The zero-order chi connectivity index (χ0) is 16.6. The van der Waals surface area contributed by atoms with Crippen LogP contribution in [0.1, 0.15) is 43.7 Å². The van der Waals surface area contributed by atoms with E-state index in [4.69, 9.17) is 4.98 Å². The molecule has 0 saturated carbocycles. The van der Waals surface area contributed by atoms with Gasteiger partial charge >= 0.3 is 0 Å². The smallest absolute Gasteiger partial charge is 0.188 e. The lowest BCUT2D eigenvalue weighted by Crippen LogP contribution is -2.22. The highest BCUT2D eigenvalue weighted by Gasteiger charge is 2.28. The average molecular weight is 307 g/mol. The van der Waals surface area contributed by atoms with E-state index in [-0.39, 0.29) is 5.78 Å². The van der Waals surface area contributed by atoms with Crippen LogP contribution in [0.25, 0.3) is 22.4 Å². The van der Waals surface area contributed by atoms with Crippen molar-refractivity contribution in [1.82, 2.24) is 15.0 Å². The summed E-state index contributed by atoms with van der Waals surface area (Å²) in [5.41, 5.74) is 4.15. The highest BCUT2D eigenvalue weighted by molar-refractivity contribution is 6.04. The van der Waals surface area contributed by atoms with Crippen LogP contribution < -0.4 is 0 Å². The zero-order valence-corrected chi connectivity index (χ0v) is 14.0. The molecule has 3 aromatic rings. The first-order valence-electron chi connectivity index (χ1n) is 7.89. The number of aryl methyl sites for hydroxylation is 1. The van der Waals surface area contributed by atoms with Gasteiger partial charge in [0.25, 0.3) is 0 Å². The summed E-state index contributed by atoms with van der Waals surface area (Å²) in [6.07, 6.45) is 2.73. The second-order valence-corrected chi connectivity index (χ2v) is 6.77. The van der Waals surface area contributed by atoms with Crippen molar-refractivity contribution in [2.75, 3.05) is 0 Å². The van der Waals surface area contributed by atoms with Crippen LogP contribution in [0.15, 0.2) is 36.5 Å². The Balaban J connectivity index is 2.26. The molecule has 4 nitrogen and oxygen atoms in total. The number of carbonyl (C=O) groups excluding carboxylic acids is 1. The molecule has 0 fully saturated rings. The van der Waals surface area contributed by atoms with E-state index in [9.17, 15) is 4.79 Å². The Labute approximate surface area is 136 Å². The van der Waals surface area contributed by atoms with E-state index in [1.54, 1.807) is 6.20 Å². The minimum Gasteiger partial charge on any atom is -0.345 e. The molecule has 0 aliphatic heterocycles. The normalized spacial score (nSPS) is 11.8. The van der Waals surface area contributed by atoms with Gasteiger partial charge in [0, 0.05) is 17.2 Å². The Bertz CT molecular complexity index is 872. The van der Waals surface area contributed by atoms with Gasteiger partial charge in [0.15, 0.2) is 11.4 Å². The van der Waals surface area contributed by atoms with Crippen molar-refractivity contribution in [3.63, 3.8) is 0 Å². The monoisotopic (exact) mass is 307 g/mol. The van der Waals surface area contributed by atoms with Crippen molar-refractivity contribution in [3.05, 3.63) is 47.8 Å². The largest absolute Gasteiger partial charge is 0.345 e. The van der Waals surface area contributed by atoms with Gasteiger partial charge in [0.1, 0.15) is 16.9 Å². The Hall–Kier alpha value is -2.49. The second kappa shape index (κ2) is 5.61. The summed E-state index contributed by atoms with van der Waals surface area (Å²) in [6, 6.07) is 10.0. The van der Waals surface area contributed by atoms with Crippen molar-refractivity contribution in [2.24, 2.45) is 5.41 Å². The third-order valence-electron chi connectivity index (χ3n) is 3.89. The van der Waals surface area contributed by atoms with Crippen LogP contribution in [-0.2, 0) is 6.42 Å². The number of Topliss-reactive ketones (excluding diaryl/α,β-unsaturated/α-hetero) is 1.